The zero-order valence-electron chi connectivity index (χ0n) is 21.0. The molecule has 0 saturated heterocycles. The highest BCUT2D eigenvalue weighted by Gasteiger charge is 2.36. The van der Waals surface area contributed by atoms with Gasteiger partial charge in [-0.25, -0.2) is 18.2 Å². The van der Waals surface area contributed by atoms with Crippen molar-refractivity contribution in [2.75, 3.05) is 12.0 Å². The lowest BCUT2D eigenvalue weighted by molar-refractivity contribution is -0.143. The number of carbonyl (C=O) groups excluding carboxylic acids is 1. The largest absolute Gasteiger partial charge is 0.481 e. The summed E-state index contributed by atoms with van der Waals surface area (Å²) in [6.45, 7) is 1.96. The summed E-state index contributed by atoms with van der Waals surface area (Å²) in [5.74, 6) is -1.41. The molecule has 9 nitrogen and oxygen atoms in total. The molecule has 3 aromatic rings. The molecule has 196 valence electrons. The molecule has 37 heavy (non-hydrogen) atoms. The van der Waals surface area contributed by atoms with Crippen molar-refractivity contribution < 1.29 is 27.9 Å². The van der Waals surface area contributed by atoms with Gasteiger partial charge in [0, 0.05) is 17.6 Å². The third kappa shape index (κ3) is 4.58. The molecular formula is C27H31N3O6S. The first-order valence-electron chi connectivity index (χ1n) is 12.6. The Hall–Kier alpha value is -3.40. The Labute approximate surface area is 216 Å². The number of fused-ring (bicyclic) bond motifs is 3. The summed E-state index contributed by atoms with van der Waals surface area (Å²) in [4.78, 5) is 30.5. The topological polar surface area (TPSA) is 119 Å². The second-order valence-corrected chi connectivity index (χ2v) is 11.9. The van der Waals surface area contributed by atoms with Crippen LogP contribution in [0.3, 0.4) is 0 Å². The lowest BCUT2D eigenvalue weighted by Gasteiger charge is -2.34. The van der Waals surface area contributed by atoms with Crippen LogP contribution in [0.15, 0.2) is 47.6 Å². The molecule has 1 aromatic heterocycles. The van der Waals surface area contributed by atoms with Gasteiger partial charge in [-0.2, -0.15) is 0 Å². The van der Waals surface area contributed by atoms with Crippen LogP contribution in [0.2, 0.25) is 0 Å². The van der Waals surface area contributed by atoms with E-state index >= 15 is 0 Å². The van der Waals surface area contributed by atoms with Crippen molar-refractivity contribution >= 4 is 38.6 Å². The molecule has 2 aliphatic rings. The number of carboxylic acids is 1. The summed E-state index contributed by atoms with van der Waals surface area (Å²) in [6.07, 6.45) is 2.97. The number of methoxy groups -OCH3 is 1. The first kappa shape index (κ1) is 25.3. The molecule has 0 spiro atoms. The molecule has 10 heteroatoms. The van der Waals surface area contributed by atoms with E-state index in [4.69, 9.17) is 9.72 Å². The number of benzene rings is 2. The average molecular weight is 526 g/mol. The molecule has 1 atom stereocenters. The number of amides is 1. The molecule has 1 amide bonds. The number of carboxylic acid groups (broad SMARTS) is 1. The lowest BCUT2D eigenvalue weighted by atomic mass is 9.86. The van der Waals surface area contributed by atoms with Gasteiger partial charge in [-0.05, 0) is 63.1 Å². The lowest BCUT2D eigenvalue weighted by Crippen LogP contribution is -2.42. The third-order valence-electron chi connectivity index (χ3n) is 7.68. The Morgan fingerprint density at radius 1 is 1.05 bits per heavy atom. The zero-order valence-corrected chi connectivity index (χ0v) is 21.8. The van der Waals surface area contributed by atoms with E-state index in [1.165, 1.54) is 7.11 Å². The van der Waals surface area contributed by atoms with Gasteiger partial charge in [0.15, 0.2) is 0 Å². The summed E-state index contributed by atoms with van der Waals surface area (Å²) in [6, 6.07) is 12.4. The standard InChI is InChI=1S/C27H31N3O6S/c1-17-8-13-21-22(29(17)27(33)36-2)14-15-23-24(21)28-26(37(34,35)16-18-6-4-3-5-7-18)30(23)20-11-9-19(10-12-20)25(31)32/h3-7,14-15,17,19-20H,8-13,16H2,1-2H3,(H,31,32)/t17-,19?,20?/m0/s1. The molecule has 1 N–H and O–H groups in total. The van der Waals surface area contributed by atoms with Crippen LogP contribution in [0.25, 0.3) is 11.0 Å². The molecule has 0 bridgehead atoms. The molecule has 2 aromatic carbocycles. The highest BCUT2D eigenvalue weighted by molar-refractivity contribution is 7.90. The van der Waals surface area contributed by atoms with Crippen LogP contribution >= 0.6 is 0 Å². The first-order chi connectivity index (χ1) is 17.7. The Morgan fingerprint density at radius 2 is 1.76 bits per heavy atom. The number of carbonyl (C=O) groups is 2. The second kappa shape index (κ2) is 9.81. The van der Waals surface area contributed by atoms with Crippen molar-refractivity contribution in [3.05, 3.63) is 53.6 Å². The molecule has 0 radical (unpaired) electrons. The Bertz CT molecular complexity index is 1440. The smallest absolute Gasteiger partial charge is 0.414 e. The van der Waals surface area contributed by atoms with E-state index in [-0.39, 0.29) is 23.0 Å². The van der Waals surface area contributed by atoms with Crippen molar-refractivity contribution in [1.82, 2.24) is 9.55 Å². The molecule has 1 aliphatic carbocycles. The normalized spacial score (nSPS) is 22.0. The Balaban J connectivity index is 1.66. The van der Waals surface area contributed by atoms with Crippen LogP contribution in [0.5, 0.6) is 0 Å². The third-order valence-corrected chi connectivity index (χ3v) is 9.24. The van der Waals surface area contributed by atoms with Gasteiger partial charge in [0.2, 0.25) is 15.0 Å². The summed E-state index contributed by atoms with van der Waals surface area (Å²) < 4.78 is 34.4. The van der Waals surface area contributed by atoms with E-state index in [0.29, 0.717) is 60.8 Å². The number of aryl methyl sites for hydroxylation is 1. The van der Waals surface area contributed by atoms with Gasteiger partial charge in [0.25, 0.3) is 0 Å². The van der Waals surface area contributed by atoms with Crippen molar-refractivity contribution in [1.29, 1.82) is 0 Å². The summed E-state index contributed by atoms with van der Waals surface area (Å²) in [7, 11) is -2.48. The number of sulfone groups is 1. The van der Waals surface area contributed by atoms with Crippen molar-refractivity contribution in [3.63, 3.8) is 0 Å². The number of hydrogen-bond donors (Lipinski definition) is 1. The number of imidazole rings is 1. The van der Waals surface area contributed by atoms with E-state index in [0.717, 1.165) is 5.56 Å². The number of rotatable bonds is 5. The zero-order chi connectivity index (χ0) is 26.3. The maximum absolute atomic E-state index is 13.8. The van der Waals surface area contributed by atoms with Crippen molar-refractivity contribution in [2.45, 2.75) is 68.4 Å². The summed E-state index contributed by atoms with van der Waals surface area (Å²) >= 11 is 0. The summed E-state index contributed by atoms with van der Waals surface area (Å²) in [5, 5.41) is 9.46. The van der Waals surface area contributed by atoms with E-state index < -0.39 is 27.8 Å². The number of aromatic nitrogens is 2. The van der Waals surface area contributed by atoms with Gasteiger partial charge < -0.3 is 14.4 Å². The minimum atomic E-state index is -3.83. The van der Waals surface area contributed by atoms with Crippen LogP contribution in [0, 0.1) is 5.92 Å². The molecule has 5 rings (SSSR count). The predicted octanol–water partition coefficient (Wildman–Crippen LogP) is 4.73. The second-order valence-electron chi connectivity index (χ2n) is 10.0. The minimum Gasteiger partial charge on any atom is -0.481 e. The molecule has 1 aliphatic heterocycles. The summed E-state index contributed by atoms with van der Waals surface area (Å²) in [5.41, 5.74) is 3.46. The fourth-order valence-corrected chi connectivity index (χ4v) is 7.30. The number of anilines is 1. The number of nitrogens with zero attached hydrogens (tertiary/aromatic N) is 3. The number of ether oxygens (including phenoxy) is 1. The Kier molecular flexibility index (Phi) is 6.70. The van der Waals surface area contributed by atoms with Crippen LogP contribution in [0.1, 0.15) is 56.2 Å². The van der Waals surface area contributed by atoms with Gasteiger partial charge in [-0.1, -0.05) is 30.3 Å². The predicted molar refractivity (Wildman–Crippen MR) is 138 cm³/mol. The highest BCUT2D eigenvalue weighted by Crippen LogP contribution is 2.41. The van der Waals surface area contributed by atoms with Crippen LogP contribution in [0.4, 0.5) is 10.5 Å². The quantitative estimate of drug-likeness (QED) is 0.511. The highest BCUT2D eigenvalue weighted by atomic mass is 32.2. The monoisotopic (exact) mass is 525 g/mol. The van der Waals surface area contributed by atoms with Gasteiger partial charge in [-0.15, -0.1) is 0 Å². The van der Waals surface area contributed by atoms with Gasteiger partial charge in [0.05, 0.1) is 35.5 Å². The van der Waals surface area contributed by atoms with Crippen LogP contribution in [-0.4, -0.2) is 48.3 Å². The van der Waals surface area contributed by atoms with Gasteiger partial charge >= 0.3 is 12.1 Å². The van der Waals surface area contributed by atoms with Gasteiger partial charge in [-0.3, -0.25) is 9.69 Å². The fourth-order valence-electron chi connectivity index (χ4n) is 5.77. The fraction of sp³-hybridized carbons (Fsp3) is 0.444. The van der Waals surface area contributed by atoms with Gasteiger partial charge in [0.1, 0.15) is 0 Å². The molecule has 1 fully saturated rings. The number of aliphatic carboxylic acids is 1. The van der Waals surface area contributed by atoms with E-state index in [9.17, 15) is 23.1 Å². The van der Waals surface area contributed by atoms with Crippen molar-refractivity contribution in [3.8, 4) is 0 Å². The number of hydrogen-bond acceptors (Lipinski definition) is 6. The molecule has 0 unspecified atom stereocenters. The molecule has 1 saturated carbocycles. The molecular weight excluding hydrogens is 494 g/mol. The van der Waals surface area contributed by atoms with E-state index in [1.54, 1.807) is 29.2 Å². The average Bonchev–Trinajstić information content (AvgIpc) is 3.29. The maximum atomic E-state index is 13.8. The van der Waals surface area contributed by atoms with E-state index in [1.807, 2.05) is 29.7 Å². The van der Waals surface area contributed by atoms with Crippen LogP contribution < -0.4 is 4.90 Å². The minimum absolute atomic E-state index is 0.00164. The van der Waals surface area contributed by atoms with Crippen LogP contribution in [-0.2, 0) is 31.5 Å². The molecule has 2 heterocycles. The Morgan fingerprint density at radius 3 is 2.41 bits per heavy atom. The van der Waals surface area contributed by atoms with E-state index in [2.05, 4.69) is 0 Å². The maximum Gasteiger partial charge on any atom is 0.414 e. The first-order valence-corrected chi connectivity index (χ1v) is 14.3. The SMILES string of the molecule is COC(=O)N1c2ccc3c(nc(S(=O)(=O)Cc4ccccc4)n3C3CCC(C(=O)O)CC3)c2CC[C@@H]1C. The van der Waals surface area contributed by atoms with Crippen molar-refractivity contribution in [2.24, 2.45) is 5.92 Å².